The number of aryl methyl sites for hydroxylation is 2. The fraction of sp³-hybridized carbons (Fsp3) is 0.148. The van der Waals surface area contributed by atoms with Crippen molar-refractivity contribution in [3.05, 3.63) is 110 Å². The van der Waals surface area contributed by atoms with E-state index in [1.54, 1.807) is 10.6 Å². The number of fused-ring (bicyclic) bond motifs is 2. The highest BCUT2D eigenvalue weighted by atomic mass is 32.2. The monoisotopic (exact) mass is 454 g/mol. The number of hydrogen-bond donors (Lipinski definition) is 0. The van der Waals surface area contributed by atoms with Crippen molar-refractivity contribution in [3.63, 3.8) is 0 Å². The molecule has 0 atom stereocenters. The zero-order valence-electron chi connectivity index (χ0n) is 18.6. The average Bonchev–Trinajstić information content (AvgIpc) is 2.79. The van der Waals surface area contributed by atoms with Crippen LogP contribution in [0.1, 0.15) is 22.3 Å². The summed E-state index contributed by atoms with van der Waals surface area (Å²) in [5.41, 5.74) is 5.54. The van der Waals surface area contributed by atoms with Crippen LogP contribution in [0.5, 0.6) is 0 Å². The summed E-state index contributed by atoms with van der Waals surface area (Å²) in [5.74, 6) is 0.473. The van der Waals surface area contributed by atoms with Crippen molar-refractivity contribution in [2.75, 3.05) is 0 Å². The van der Waals surface area contributed by atoms with Crippen LogP contribution in [0.3, 0.4) is 0 Å². The first kappa shape index (κ1) is 21.2. The normalized spacial score (nSPS) is 11.4. The molecular formula is C27H22N2O3S. The third-order valence-corrected chi connectivity index (χ3v) is 6.89. The number of rotatable bonds is 4. The first-order valence-corrected chi connectivity index (χ1v) is 11.7. The SMILES string of the molecule is Cc1ccc2c(CSc3nc4ccccc4c(=O)n3-c3cccc(C)c3C)cc(=O)oc2c1. The Morgan fingerprint density at radius 2 is 1.73 bits per heavy atom. The minimum atomic E-state index is -0.387. The number of hydrogen-bond acceptors (Lipinski definition) is 5. The fourth-order valence-corrected chi connectivity index (χ4v) is 4.99. The summed E-state index contributed by atoms with van der Waals surface area (Å²) in [4.78, 5) is 30.6. The third-order valence-electron chi connectivity index (χ3n) is 5.90. The van der Waals surface area contributed by atoms with E-state index in [0.29, 0.717) is 27.4 Å². The first-order chi connectivity index (χ1) is 15.9. The third kappa shape index (κ3) is 3.87. The molecule has 0 N–H and O–H groups in total. The maximum Gasteiger partial charge on any atom is 0.336 e. The molecular weight excluding hydrogens is 432 g/mol. The lowest BCUT2D eigenvalue weighted by atomic mass is 10.1. The Kier molecular flexibility index (Phi) is 5.38. The molecule has 5 rings (SSSR count). The zero-order valence-corrected chi connectivity index (χ0v) is 19.4. The number of nitrogens with zero attached hydrogens (tertiary/aromatic N) is 2. The molecule has 0 aliphatic heterocycles. The number of benzene rings is 3. The van der Waals surface area contributed by atoms with Gasteiger partial charge in [-0.2, -0.15) is 0 Å². The van der Waals surface area contributed by atoms with E-state index < -0.39 is 0 Å². The smallest absolute Gasteiger partial charge is 0.336 e. The summed E-state index contributed by atoms with van der Waals surface area (Å²) >= 11 is 1.44. The van der Waals surface area contributed by atoms with Gasteiger partial charge >= 0.3 is 5.63 Å². The molecule has 2 heterocycles. The Bertz CT molecular complexity index is 1650. The second-order valence-electron chi connectivity index (χ2n) is 8.15. The highest BCUT2D eigenvalue weighted by Crippen LogP contribution is 2.29. The quantitative estimate of drug-likeness (QED) is 0.198. The van der Waals surface area contributed by atoms with E-state index in [9.17, 15) is 9.59 Å². The van der Waals surface area contributed by atoms with Gasteiger partial charge in [-0.25, -0.2) is 9.78 Å². The second kappa shape index (κ2) is 8.37. The van der Waals surface area contributed by atoms with Crippen LogP contribution in [0.2, 0.25) is 0 Å². The lowest BCUT2D eigenvalue weighted by Gasteiger charge is -2.16. The zero-order chi connectivity index (χ0) is 23.1. The van der Waals surface area contributed by atoms with E-state index >= 15 is 0 Å². The molecule has 0 aliphatic carbocycles. The van der Waals surface area contributed by atoms with E-state index in [0.717, 1.165) is 33.3 Å². The summed E-state index contributed by atoms with van der Waals surface area (Å²) in [6.07, 6.45) is 0. The van der Waals surface area contributed by atoms with Crippen LogP contribution in [0, 0.1) is 20.8 Å². The molecule has 0 radical (unpaired) electrons. The molecule has 0 aliphatic rings. The summed E-state index contributed by atoms with van der Waals surface area (Å²) in [5, 5.41) is 2.04. The maximum atomic E-state index is 13.6. The number of thioether (sulfide) groups is 1. The topological polar surface area (TPSA) is 65.1 Å². The molecule has 0 amide bonds. The van der Waals surface area contributed by atoms with Crippen molar-refractivity contribution in [1.82, 2.24) is 9.55 Å². The molecule has 0 fully saturated rings. The van der Waals surface area contributed by atoms with Crippen molar-refractivity contribution >= 4 is 33.6 Å². The maximum absolute atomic E-state index is 13.6. The van der Waals surface area contributed by atoms with Crippen molar-refractivity contribution < 1.29 is 4.42 Å². The van der Waals surface area contributed by atoms with Gasteiger partial charge in [0.2, 0.25) is 0 Å². The van der Waals surface area contributed by atoms with E-state index in [1.165, 1.54) is 17.8 Å². The minimum Gasteiger partial charge on any atom is -0.423 e. The Hall–Kier alpha value is -3.64. The van der Waals surface area contributed by atoms with Crippen LogP contribution < -0.4 is 11.2 Å². The van der Waals surface area contributed by atoms with Crippen LogP contribution >= 0.6 is 11.8 Å². The van der Waals surface area contributed by atoms with Gasteiger partial charge in [0.1, 0.15) is 5.58 Å². The molecule has 0 saturated carbocycles. The molecule has 0 bridgehead atoms. The molecule has 0 spiro atoms. The van der Waals surface area contributed by atoms with E-state index in [-0.39, 0.29) is 11.2 Å². The van der Waals surface area contributed by atoms with Crippen LogP contribution in [-0.4, -0.2) is 9.55 Å². The molecule has 5 aromatic rings. The number of aromatic nitrogens is 2. The van der Waals surface area contributed by atoms with Crippen molar-refractivity contribution in [2.45, 2.75) is 31.7 Å². The molecule has 0 unspecified atom stereocenters. The fourth-order valence-electron chi connectivity index (χ4n) is 4.00. The molecule has 33 heavy (non-hydrogen) atoms. The largest absolute Gasteiger partial charge is 0.423 e. The van der Waals surface area contributed by atoms with Crippen molar-refractivity contribution in [3.8, 4) is 5.69 Å². The Morgan fingerprint density at radius 1 is 0.909 bits per heavy atom. The lowest BCUT2D eigenvalue weighted by Crippen LogP contribution is -2.22. The summed E-state index contributed by atoms with van der Waals surface area (Å²) in [7, 11) is 0. The summed E-state index contributed by atoms with van der Waals surface area (Å²) < 4.78 is 7.09. The standard InChI is InChI=1S/C27H22N2O3S/c1-16-11-12-20-19(14-25(30)32-24(20)13-16)15-33-27-28-22-9-5-4-8-21(22)26(31)29(27)23-10-6-7-17(2)18(23)3/h4-14H,15H2,1-3H3. The molecule has 2 aromatic heterocycles. The van der Waals surface area contributed by atoms with Crippen molar-refractivity contribution in [2.24, 2.45) is 0 Å². The summed E-state index contributed by atoms with van der Waals surface area (Å²) in [6.45, 7) is 6.00. The molecule has 6 heteroatoms. The molecule has 164 valence electrons. The number of para-hydroxylation sites is 1. The lowest BCUT2D eigenvalue weighted by molar-refractivity contribution is 0.559. The van der Waals surface area contributed by atoms with Gasteiger partial charge in [-0.1, -0.05) is 48.2 Å². The van der Waals surface area contributed by atoms with Gasteiger partial charge in [-0.3, -0.25) is 9.36 Å². The van der Waals surface area contributed by atoms with Gasteiger partial charge in [-0.15, -0.1) is 0 Å². The molecule has 0 saturated heterocycles. The Balaban J connectivity index is 1.68. The average molecular weight is 455 g/mol. The highest BCUT2D eigenvalue weighted by Gasteiger charge is 2.16. The Morgan fingerprint density at radius 3 is 2.58 bits per heavy atom. The van der Waals surface area contributed by atoms with Gasteiger partial charge in [0.05, 0.1) is 16.6 Å². The van der Waals surface area contributed by atoms with Crippen LogP contribution in [-0.2, 0) is 5.75 Å². The Labute approximate surface area is 194 Å². The van der Waals surface area contributed by atoms with Gasteiger partial charge in [0.15, 0.2) is 5.16 Å². The molecule has 3 aromatic carbocycles. The van der Waals surface area contributed by atoms with Gasteiger partial charge in [0.25, 0.3) is 5.56 Å². The predicted octanol–water partition coefficient (Wildman–Crippen LogP) is 5.71. The van der Waals surface area contributed by atoms with Crippen LogP contribution in [0.15, 0.2) is 85.9 Å². The van der Waals surface area contributed by atoms with Crippen molar-refractivity contribution in [1.29, 1.82) is 0 Å². The van der Waals surface area contributed by atoms with Gasteiger partial charge < -0.3 is 4.42 Å². The van der Waals surface area contributed by atoms with E-state index in [1.807, 2.05) is 75.4 Å². The van der Waals surface area contributed by atoms with E-state index in [4.69, 9.17) is 9.40 Å². The minimum absolute atomic E-state index is 0.107. The van der Waals surface area contributed by atoms with Gasteiger partial charge in [-0.05, 0) is 67.3 Å². The van der Waals surface area contributed by atoms with Crippen LogP contribution in [0.25, 0.3) is 27.6 Å². The van der Waals surface area contributed by atoms with Crippen LogP contribution in [0.4, 0.5) is 0 Å². The molecule has 5 nitrogen and oxygen atoms in total. The summed E-state index contributed by atoms with van der Waals surface area (Å²) in [6, 6.07) is 20.7. The van der Waals surface area contributed by atoms with Gasteiger partial charge in [0, 0.05) is 17.2 Å². The second-order valence-corrected chi connectivity index (χ2v) is 9.09. The predicted molar refractivity (Wildman–Crippen MR) is 134 cm³/mol. The van der Waals surface area contributed by atoms with E-state index in [2.05, 4.69) is 0 Å². The first-order valence-electron chi connectivity index (χ1n) is 10.7. The highest BCUT2D eigenvalue weighted by molar-refractivity contribution is 7.98.